The van der Waals surface area contributed by atoms with Crippen molar-refractivity contribution < 1.29 is 19.5 Å². The van der Waals surface area contributed by atoms with Gasteiger partial charge in [0.2, 0.25) is 0 Å². The molecule has 1 aliphatic carbocycles. The van der Waals surface area contributed by atoms with E-state index in [1.165, 1.54) is 5.56 Å². The van der Waals surface area contributed by atoms with Gasteiger partial charge in [0.15, 0.2) is 5.78 Å². The molecule has 1 atom stereocenters. The van der Waals surface area contributed by atoms with Gasteiger partial charge in [-0.15, -0.1) is 0 Å². The predicted molar refractivity (Wildman–Crippen MR) is 171 cm³/mol. The molecule has 4 aromatic rings. The molecule has 1 saturated carbocycles. The van der Waals surface area contributed by atoms with Crippen LogP contribution in [0.3, 0.4) is 0 Å². The summed E-state index contributed by atoms with van der Waals surface area (Å²) < 4.78 is 2.14. The Morgan fingerprint density at radius 2 is 1.63 bits per heavy atom. The monoisotopic (exact) mass is 598 g/mol. The number of rotatable bonds is 11. The number of Topliss-reactive ketones (excluding diaryl/α,β-unsaturated/α-hetero) is 1. The molecule has 43 heavy (non-hydrogen) atoms. The smallest absolute Gasteiger partial charge is 0.305 e. The van der Waals surface area contributed by atoms with Crippen molar-refractivity contribution >= 4 is 40.2 Å². The Morgan fingerprint density at radius 3 is 2.23 bits per heavy atom. The first-order valence-electron chi connectivity index (χ1n) is 15.0. The van der Waals surface area contributed by atoms with Crippen molar-refractivity contribution in [3.05, 3.63) is 106 Å². The number of aliphatic carboxylic acids is 1. The number of carbonyl (C=O) groups is 3. The molecular weight excluding hydrogens is 560 g/mol. The summed E-state index contributed by atoms with van der Waals surface area (Å²) in [6.45, 7) is 7.27. The van der Waals surface area contributed by atoms with Crippen LogP contribution in [0.25, 0.3) is 10.9 Å². The molecule has 3 aromatic carbocycles. The van der Waals surface area contributed by atoms with E-state index in [9.17, 15) is 14.4 Å². The van der Waals surface area contributed by atoms with Gasteiger partial charge < -0.3 is 15.0 Å². The summed E-state index contributed by atoms with van der Waals surface area (Å²) in [5.41, 5.74) is 5.61. The highest BCUT2D eigenvalue weighted by molar-refractivity contribution is 6.31. The molecular formula is C36H39ClN2O4. The number of carboxylic acids is 1. The number of halogens is 1. The van der Waals surface area contributed by atoms with E-state index in [4.69, 9.17) is 16.7 Å². The van der Waals surface area contributed by atoms with Gasteiger partial charge in [0, 0.05) is 40.5 Å². The van der Waals surface area contributed by atoms with E-state index in [2.05, 4.69) is 54.9 Å². The summed E-state index contributed by atoms with van der Waals surface area (Å²) in [4.78, 5) is 37.6. The third kappa shape index (κ3) is 7.19. The van der Waals surface area contributed by atoms with Gasteiger partial charge in [-0.2, -0.15) is 0 Å². The Balaban J connectivity index is 1.41. The van der Waals surface area contributed by atoms with E-state index in [1.54, 1.807) is 12.1 Å². The second-order valence-corrected chi connectivity index (χ2v) is 13.2. The number of carboxylic acid groups (broad SMARTS) is 1. The molecule has 0 spiro atoms. The molecule has 0 aliphatic heterocycles. The van der Waals surface area contributed by atoms with Crippen LogP contribution in [0.5, 0.6) is 0 Å². The number of carbonyl (C=O) groups excluding carboxylic acids is 2. The van der Waals surface area contributed by atoms with Gasteiger partial charge >= 0.3 is 5.97 Å². The zero-order valence-electron chi connectivity index (χ0n) is 25.0. The van der Waals surface area contributed by atoms with Gasteiger partial charge in [-0.25, -0.2) is 0 Å². The first-order chi connectivity index (χ1) is 20.5. The molecule has 2 N–H and O–H groups in total. The molecule has 1 unspecified atom stereocenters. The highest BCUT2D eigenvalue weighted by Gasteiger charge is 2.35. The molecule has 7 heteroatoms. The zero-order valence-corrected chi connectivity index (χ0v) is 25.8. The van der Waals surface area contributed by atoms with Crippen molar-refractivity contribution in [3.8, 4) is 0 Å². The van der Waals surface area contributed by atoms with Gasteiger partial charge in [0.05, 0.1) is 12.1 Å². The van der Waals surface area contributed by atoms with Crippen molar-refractivity contribution in [2.75, 3.05) is 6.54 Å². The standard InChI is InChI=1S/C36H39ClN2O4/c1-36(2,3)28-13-9-24(10-14-28)22-39-31-16-15-29(37)20-27(31)21-32(39)34(42)30(25-5-4-6-25)19-23-7-11-26(12-8-23)35(43)38-18-17-33(40)41/h7-16,20-21,25,30H,4-6,17-19,22H2,1-3H3,(H,38,43)(H,40,41). The van der Waals surface area contributed by atoms with Crippen molar-refractivity contribution in [2.24, 2.45) is 11.8 Å². The highest BCUT2D eigenvalue weighted by atomic mass is 35.5. The largest absolute Gasteiger partial charge is 0.481 e. The van der Waals surface area contributed by atoms with E-state index in [0.717, 1.165) is 41.3 Å². The minimum Gasteiger partial charge on any atom is -0.481 e. The van der Waals surface area contributed by atoms with E-state index < -0.39 is 5.97 Å². The summed E-state index contributed by atoms with van der Waals surface area (Å²) >= 11 is 6.36. The predicted octanol–water partition coefficient (Wildman–Crippen LogP) is 7.69. The lowest BCUT2D eigenvalue weighted by Gasteiger charge is -2.33. The van der Waals surface area contributed by atoms with Crippen molar-refractivity contribution in [1.29, 1.82) is 0 Å². The molecule has 1 fully saturated rings. The summed E-state index contributed by atoms with van der Waals surface area (Å²) in [5.74, 6) is -0.988. The third-order valence-electron chi connectivity index (χ3n) is 8.63. The van der Waals surface area contributed by atoms with Gasteiger partial charge in [0.1, 0.15) is 0 Å². The normalized spacial score (nSPS) is 14.3. The number of amides is 1. The Hall–Kier alpha value is -3.90. The molecule has 0 saturated heterocycles. The third-order valence-corrected chi connectivity index (χ3v) is 8.86. The minimum atomic E-state index is -0.956. The average molecular weight is 599 g/mol. The lowest BCUT2D eigenvalue weighted by Crippen LogP contribution is -2.32. The fraction of sp³-hybridized carbons (Fsp3) is 0.361. The van der Waals surface area contributed by atoms with Crippen molar-refractivity contribution in [2.45, 2.75) is 64.8 Å². The van der Waals surface area contributed by atoms with E-state index in [0.29, 0.717) is 35.2 Å². The van der Waals surface area contributed by atoms with Crippen LogP contribution >= 0.6 is 11.6 Å². The molecule has 6 nitrogen and oxygen atoms in total. The number of aromatic nitrogens is 1. The van der Waals surface area contributed by atoms with Crippen LogP contribution in [-0.4, -0.2) is 33.9 Å². The lowest BCUT2D eigenvalue weighted by molar-refractivity contribution is -0.136. The second kappa shape index (κ2) is 12.8. The number of benzene rings is 3. The van der Waals surface area contributed by atoms with Gasteiger partial charge in [-0.1, -0.05) is 75.2 Å². The summed E-state index contributed by atoms with van der Waals surface area (Å²) in [5, 5.41) is 13.0. The summed E-state index contributed by atoms with van der Waals surface area (Å²) in [7, 11) is 0. The Labute approximate surface area is 258 Å². The van der Waals surface area contributed by atoms with Gasteiger partial charge in [0.25, 0.3) is 5.91 Å². The fourth-order valence-electron chi connectivity index (χ4n) is 5.85. The van der Waals surface area contributed by atoms with E-state index >= 15 is 0 Å². The van der Waals surface area contributed by atoms with Crippen LogP contribution in [0.15, 0.2) is 72.8 Å². The van der Waals surface area contributed by atoms with Crippen LogP contribution in [0.2, 0.25) is 5.02 Å². The first kappa shape index (κ1) is 30.6. The highest BCUT2D eigenvalue weighted by Crippen LogP contribution is 2.38. The molecule has 0 radical (unpaired) electrons. The first-order valence-corrected chi connectivity index (χ1v) is 15.4. The van der Waals surface area contributed by atoms with Gasteiger partial charge in [-0.05, 0) is 83.7 Å². The molecule has 5 rings (SSSR count). The molecule has 0 bridgehead atoms. The number of hydrogen-bond donors (Lipinski definition) is 2. The quantitative estimate of drug-likeness (QED) is 0.173. The second-order valence-electron chi connectivity index (χ2n) is 12.7. The molecule has 1 aliphatic rings. The molecule has 1 aromatic heterocycles. The Bertz CT molecular complexity index is 1630. The van der Waals surface area contributed by atoms with Crippen LogP contribution in [0.4, 0.5) is 0 Å². The average Bonchev–Trinajstić information content (AvgIpc) is 3.28. The van der Waals surface area contributed by atoms with Crippen LogP contribution in [0, 0.1) is 11.8 Å². The zero-order chi connectivity index (χ0) is 30.7. The van der Waals surface area contributed by atoms with Crippen LogP contribution < -0.4 is 5.32 Å². The Kier molecular flexibility index (Phi) is 9.07. The minimum absolute atomic E-state index is 0.0644. The number of ketones is 1. The molecule has 1 heterocycles. The van der Waals surface area contributed by atoms with Crippen molar-refractivity contribution in [3.63, 3.8) is 0 Å². The summed E-state index contributed by atoms with van der Waals surface area (Å²) in [6, 6.07) is 23.7. The molecule has 224 valence electrons. The lowest BCUT2D eigenvalue weighted by atomic mass is 9.71. The topological polar surface area (TPSA) is 88.4 Å². The van der Waals surface area contributed by atoms with Crippen LogP contribution in [0.1, 0.15) is 84.0 Å². The summed E-state index contributed by atoms with van der Waals surface area (Å²) in [6.07, 6.45) is 3.65. The number of nitrogens with zero attached hydrogens (tertiary/aromatic N) is 1. The SMILES string of the molecule is CC(C)(C)c1ccc(Cn2c(C(=O)C(Cc3ccc(C(=O)NCCC(=O)O)cc3)C3CCC3)cc3cc(Cl)ccc32)cc1. The fourth-order valence-corrected chi connectivity index (χ4v) is 6.03. The number of nitrogens with one attached hydrogen (secondary N) is 1. The van der Waals surface area contributed by atoms with Crippen molar-refractivity contribution in [1.82, 2.24) is 9.88 Å². The number of hydrogen-bond acceptors (Lipinski definition) is 3. The maximum atomic E-state index is 14.4. The molecule has 1 amide bonds. The van der Waals surface area contributed by atoms with Gasteiger partial charge in [-0.3, -0.25) is 14.4 Å². The van der Waals surface area contributed by atoms with E-state index in [-0.39, 0.29) is 36.0 Å². The number of fused-ring (bicyclic) bond motifs is 1. The Morgan fingerprint density at radius 1 is 0.953 bits per heavy atom. The van der Waals surface area contributed by atoms with E-state index in [1.807, 2.05) is 36.4 Å². The van der Waals surface area contributed by atoms with Crippen LogP contribution in [-0.2, 0) is 23.2 Å². The maximum Gasteiger partial charge on any atom is 0.305 e. The maximum absolute atomic E-state index is 14.4.